The first-order valence-corrected chi connectivity index (χ1v) is 8.35. The summed E-state index contributed by atoms with van der Waals surface area (Å²) in [4.78, 5) is 25.0. The normalized spacial score (nSPS) is 13.2. The highest BCUT2D eigenvalue weighted by molar-refractivity contribution is 6.30. The molecular weight excluding hydrogens is 332 g/mol. The van der Waals surface area contributed by atoms with Crippen molar-refractivity contribution < 1.29 is 19.4 Å². The molecule has 0 saturated heterocycles. The predicted molar refractivity (Wildman–Crippen MR) is 93.5 cm³/mol. The minimum atomic E-state index is -0.940. The van der Waals surface area contributed by atoms with Crippen molar-refractivity contribution in [3.05, 3.63) is 29.3 Å². The molecule has 1 amide bonds. The van der Waals surface area contributed by atoms with Gasteiger partial charge in [-0.15, -0.1) is 0 Å². The largest absolute Gasteiger partial charge is 0.492 e. The molecule has 2 unspecified atom stereocenters. The van der Waals surface area contributed by atoms with Gasteiger partial charge in [0.2, 0.25) is 5.91 Å². The first-order valence-electron chi connectivity index (χ1n) is 7.97. The maximum atomic E-state index is 12.3. The van der Waals surface area contributed by atoms with Crippen molar-refractivity contribution >= 4 is 23.5 Å². The molecule has 1 aromatic carbocycles. The van der Waals surface area contributed by atoms with Gasteiger partial charge in [-0.25, -0.2) is 0 Å². The number of benzene rings is 1. The van der Waals surface area contributed by atoms with Gasteiger partial charge >= 0.3 is 5.97 Å². The second-order valence-electron chi connectivity index (χ2n) is 5.63. The topological polar surface area (TPSA) is 78.9 Å². The highest BCUT2D eigenvalue weighted by atomic mass is 35.5. The maximum absolute atomic E-state index is 12.3. The molecule has 134 valence electrons. The number of rotatable bonds is 10. The highest BCUT2D eigenvalue weighted by Gasteiger charge is 2.24. The number of carboxylic acids is 1. The summed E-state index contributed by atoms with van der Waals surface area (Å²) in [6.07, 6.45) is 1.21. The number of ether oxygens (including phenoxy) is 1. The van der Waals surface area contributed by atoms with Crippen LogP contribution in [0.3, 0.4) is 0 Å². The number of hydrogen-bond donors (Lipinski definition) is 2. The minimum absolute atomic E-state index is 0.169. The highest BCUT2D eigenvalue weighted by Crippen LogP contribution is 2.15. The molecule has 0 radical (unpaired) electrons. The van der Waals surface area contributed by atoms with Gasteiger partial charge in [0.1, 0.15) is 18.4 Å². The number of carboxylic acid groups (broad SMARTS) is 1. The Labute approximate surface area is 147 Å². The van der Waals surface area contributed by atoms with Crippen LogP contribution in [0.15, 0.2) is 24.3 Å². The summed E-state index contributed by atoms with van der Waals surface area (Å²) in [5.41, 5.74) is 0. The number of likely N-dealkylation sites (N-methyl/N-ethyl adjacent to an activating group) is 1. The molecule has 0 heterocycles. The van der Waals surface area contributed by atoms with Gasteiger partial charge in [-0.05, 0) is 37.6 Å². The van der Waals surface area contributed by atoms with Crippen molar-refractivity contribution in [2.75, 3.05) is 20.2 Å². The molecule has 0 fully saturated rings. The number of nitrogens with one attached hydrogen (secondary N) is 1. The Hall–Kier alpha value is -1.79. The van der Waals surface area contributed by atoms with Crippen LogP contribution in [0.4, 0.5) is 0 Å². The van der Waals surface area contributed by atoms with Crippen molar-refractivity contribution in [1.82, 2.24) is 10.2 Å². The first-order chi connectivity index (χ1) is 11.3. The lowest BCUT2D eigenvalue weighted by molar-refractivity contribution is -0.140. The molecule has 1 aromatic rings. The Morgan fingerprint density at radius 2 is 1.96 bits per heavy atom. The number of aliphatic carboxylic acids is 1. The van der Waals surface area contributed by atoms with Crippen LogP contribution in [-0.4, -0.2) is 54.2 Å². The fourth-order valence-electron chi connectivity index (χ4n) is 2.21. The lowest BCUT2D eigenvalue weighted by atomic mass is 10.1. The predicted octanol–water partition coefficient (Wildman–Crippen LogP) is 2.41. The number of nitrogens with zero attached hydrogens (tertiary/aromatic N) is 1. The summed E-state index contributed by atoms with van der Waals surface area (Å²) in [6, 6.07) is 5.70. The van der Waals surface area contributed by atoms with E-state index in [1.165, 1.54) is 4.90 Å². The van der Waals surface area contributed by atoms with Crippen LogP contribution in [0, 0.1) is 0 Å². The molecule has 0 aromatic heterocycles. The Morgan fingerprint density at radius 1 is 1.33 bits per heavy atom. The van der Waals surface area contributed by atoms with E-state index in [9.17, 15) is 9.59 Å². The average molecular weight is 357 g/mol. The molecule has 0 bridgehead atoms. The monoisotopic (exact) mass is 356 g/mol. The van der Waals surface area contributed by atoms with E-state index < -0.39 is 18.1 Å². The van der Waals surface area contributed by atoms with Crippen LogP contribution >= 0.6 is 11.6 Å². The van der Waals surface area contributed by atoms with Gasteiger partial charge in [0, 0.05) is 12.1 Å². The van der Waals surface area contributed by atoms with E-state index in [1.54, 1.807) is 38.2 Å². The number of carbonyl (C=O) groups excluding carboxylic acids is 1. The molecule has 0 aliphatic carbocycles. The summed E-state index contributed by atoms with van der Waals surface area (Å²) < 4.78 is 5.55. The zero-order chi connectivity index (χ0) is 18.1. The zero-order valence-corrected chi connectivity index (χ0v) is 15.0. The van der Waals surface area contributed by atoms with Crippen LogP contribution in [0.2, 0.25) is 5.02 Å². The Morgan fingerprint density at radius 3 is 2.50 bits per heavy atom. The van der Waals surface area contributed by atoms with E-state index in [0.717, 1.165) is 6.42 Å². The molecule has 0 saturated carbocycles. The van der Waals surface area contributed by atoms with Gasteiger partial charge in [-0.1, -0.05) is 24.9 Å². The van der Waals surface area contributed by atoms with Gasteiger partial charge in [0.15, 0.2) is 0 Å². The molecule has 1 rings (SSSR count). The number of amides is 1. The Kier molecular flexibility index (Phi) is 8.57. The number of hydrogen-bond acceptors (Lipinski definition) is 4. The SMILES string of the molecule is CCCC(NC(C)C(=O)N(C)CCOc1ccc(Cl)cc1)C(=O)O. The van der Waals surface area contributed by atoms with Crippen LogP contribution < -0.4 is 10.1 Å². The molecule has 7 heteroatoms. The summed E-state index contributed by atoms with van der Waals surface area (Å²) >= 11 is 5.80. The molecule has 0 aliphatic rings. The molecule has 6 nitrogen and oxygen atoms in total. The van der Waals surface area contributed by atoms with Gasteiger partial charge in [0.25, 0.3) is 0 Å². The summed E-state index contributed by atoms with van der Waals surface area (Å²) in [5.74, 6) is -0.428. The number of carbonyl (C=O) groups is 2. The van der Waals surface area contributed by atoms with Crippen molar-refractivity contribution in [3.63, 3.8) is 0 Å². The molecular formula is C17H25ClN2O4. The fraction of sp³-hybridized carbons (Fsp3) is 0.529. The maximum Gasteiger partial charge on any atom is 0.320 e. The van der Waals surface area contributed by atoms with E-state index in [4.69, 9.17) is 21.4 Å². The van der Waals surface area contributed by atoms with Gasteiger partial charge in [0.05, 0.1) is 12.6 Å². The third-order valence-corrected chi connectivity index (χ3v) is 3.83. The summed E-state index contributed by atoms with van der Waals surface area (Å²) in [7, 11) is 1.67. The van der Waals surface area contributed by atoms with Crippen molar-refractivity contribution in [3.8, 4) is 5.75 Å². The third-order valence-electron chi connectivity index (χ3n) is 3.58. The average Bonchev–Trinajstić information content (AvgIpc) is 2.55. The zero-order valence-electron chi connectivity index (χ0n) is 14.3. The van der Waals surface area contributed by atoms with E-state index in [0.29, 0.717) is 30.3 Å². The molecule has 0 spiro atoms. The van der Waals surface area contributed by atoms with E-state index in [2.05, 4.69) is 5.32 Å². The lowest BCUT2D eigenvalue weighted by Gasteiger charge is -2.24. The van der Waals surface area contributed by atoms with E-state index in [-0.39, 0.29) is 5.91 Å². The quantitative estimate of drug-likeness (QED) is 0.673. The van der Waals surface area contributed by atoms with Crippen molar-refractivity contribution in [2.24, 2.45) is 0 Å². The lowest BCUT2D eigenvalue weighted by Crippen LogP contribution is -2.50. The number of halogens is 1. The Balaban J connectivity index is 2.42. The van der Waals surface area contributed by atoms with Crippen LogP contribution in [0.1, 0.15) is 26.7 Å². The van der Waals surface area contributed by atoms with E-state index >= 15 is 0 Å². The van der Waals surface area contributed by atoms with Crippen molar-refractivity contribution in [1.29, 1.82) is 0 Å². The summed E-state index contributed by atoms with van der Waals surface area (Å²) in [6.45, 7) is 4.32. The standard InChI is InChI=1S/C17H25ClN2O4/c1-4-5-15(17(22)23)19-12(2)16(21)20(3)10-11-24-14-8-6-13(18)7-9-14/h6-9,12,15,19H,4-5,10-11H2,1-3H3,(H,22,23). The van der Waals surface area contributed by atoms with Gasteiger partial charge < -0.3 is 14.7 Å². The molecule has 0 aliphatic heterocycles. The first kappa shape index (κ1) is 20.3. The summed E-state index contributed by atoms with van der Waals surface area (Å²) in [5, 5.41) is 12.6. The van der Waals surface area contributed by atoms with E-state index in [1.807, 2.05) is 6.92 Å². The van der Waals surface area contributed by atoms with Gasteiger partial charge in [-0.3, -0.25) is 14.9 Å². The smallest absolute Gasteiger partial charge is 0.320 e. The minimum Gasteiger partial charge on any atom is -0.492 e. The second-order valence-corrected chi connectivity index (χ2v) is 6.07. The van der Waals surface area contributed by atoms with Gasteiger partial charge in [-0.2, -0.15) is 0 Å². The van der Waals surface area contributed by atoms with Crippen molar-refractivity contribution in [2.45, 2.75) is 38.8 Å². The molecule has 2 N–H and O–H groups in total. The second kappa shape index (κ2) is 10.2. The van der Waals surface area contributed by atoms with Crippen LogP contribution in [0.25, 0.3) is 0 Å². The Bertz CT molecular complexity index is 536. The van der Waals surface area contributed by atoms with Crippen LogP contribution in [-0.2, 0) is 9.59 Å². The van der Waals surface area contributed by atoms with Crippen LogP contribution in [0.5, 0.6) is 5.75 Å². The fourth-order valence-corrected chi connectivity index (χ4v) is 2.34. The third kappa shape index (κ3) is 6.76. The molecule has 2 atom stereocenters. The molecule has 24 heavy (non-hydrogen) atoms.